The van der Waals surface area contributed by atoms with Gasteiger partial charge in [-0.05, 0) is 43.0 Å². The molecule has 0 aliphatic carbocycles. The molecule has 8 nitrogen and oxygen atoms in total. The zero-order valence-corrected chi connectivity index (χ0v) is 18.0. The maximum Gasteiger partial charge on any atom is 0.177 e. The minimum Gasteiger partial charge on any atom is -0.452 e. The van der Waals surface area contributed by atoms with Gasteiger partial charge in [0.1, 0.15) is 5.76 Å². The van der Waals surface area contributed by atoms with Crippen LogP contribution in [0.4, 0.5) is 11.5 Å². The molecule has 0 saturated carbocycles. The highest BCUT2D eigenvalue weighted by Gasteiger charge is 2.21. The molecular weight excluding hydrogens is 412 g/mol. The zero-order chi connectivity index (χ0) is 21.4. The van der Waals surface area contributed by atoms with Gasteiger partial charge in [0.25, 0.3) is 0 Å². The fraction of sp³-hybridized carbons (Fsp3) is 0.273. The minimum absolute atomic E-state index is 0.360. The van der Waals surface area contributed by atoms with E-state index in [9.17, 15) is 0 Å². The normalized spacial score (nSPS) is 14.9. The van der Waals surface area contributed by atoms with Gasteiger partial charge >= 0.3 is 0 Å². The molecule has 1 aliphatic rings. The maximum absolute atomic E-state index is 6.27. The number of fused-ring (bicyclic) bond motifs is 1. The lowest BCUT2D eigenvalue weighted by Gasteiger charge is -2.22. The summed E-state index contributed by atoms with van der Waals surface area (Å²) in [4.78, 5) is 5.36. The Morgan fingerprint density at radius 1 is 1.19 bits per heavy atom. The van der Waals surface area contributed by atoms with Crippen molar-refractivity contribution in [1.82, 2.24) is 14.8 Å². The molecule has 0 bridgehead atoms. The van der Waals surface area contributed by atoms with Gasteiger partial charge in [0.2, 0.25) is 0 Å². The van der Waals surface area contributed by atoms with E-state index in [0.717, 1.165) is 65.0 Å². The smallest absolute Gasteiger partial charge is 0.177 e. The summed E-state index contributed by atoms with van der Waals surface area (Å²) in [5.74, 6) is 1.37. The number of rotatable bonds is 5. The lowest BCUT2D eigenvalue weighted by Crippen LogP contribution is -2.19. The molecule has 0 radical (unpaired) electrons. The van der Waals surface area contributed by atoms with Crippen LogP contribution < -0.4 is 16.2 Å². The van der Waals surface area contributed by atoms with Crippen LogP contribution in [0.5, 0.6) is 0 Å². The van der Waals surface area contributed by atoms with E-state index in [1.165, 1.54) is 0 Å². The molecule has 1 saturated heterocycles. The van der Waals surface area contributed by atoms with Crippen molar-refractivity contribution >= 4 is 34.4 Å². The van der Waals surface area contributed by atoms with E-state index >= 15 is 0 Å². The zero-order valence-electron chi connectivity index (χ0n) is 17.2. The Bertz CT molecular complexity index is 1230. The largest absolute Gasteiger partial charge is 0.452 e. The van der Waals surface area contributed by atoms with Crippen LogP contribution in [0.25, 0.3) is 33.4 Å². The summed E-state index contributed by atoms with van der Waals surface area (Å²) in [5, 5.41) is 14.6. The van der Waals surface area contributed by atoms with Crippen LogP contribution in [0, 0.1) is 0 Å². The van der Waals surface area contributed by atoms with Crippen LogP contribution in [0.2, 0.25) is 0 Å². The van der Waals surface area contributed by atoms with Gasteiger partial charge in [-0.15, -0.1) is 0 Å². The van der Waals surface area contributed by atoms with Gasteiger partial charge in [0.15, 0.2) is 11.4 Å². The van der Waals surface area contributed by atoms with E-state index in [2.05, 4.69) is 21.6 Å². The predicted octanol–water partition coefficient (Wildman–Crippen LogP) is 4.30. The summed E-state index contributed by atoms with van der Waals surface area (Å²) in [7, 11) is 1.83. The van der Waals surface area contributed by atoms with Gasteiger partial charge in [-0.3, -0.25) is 9.82 Å². The first-order valence-electron chi connectivity index (χ1n) is 10.2. The molecule has 1 aromatic carbocycles. The quantitative estimate of drug-likeness (QED) is 0.313. The number of hydrogen-bond donors (Lipinski definition) is 3. The molecule has 4 aromatic rings. The molecule has 5 rings (SSSR count). The number of nitrogen functional groups attached to an aromatic ring is 1. The standard InChI is InChI=1S/C22H24N6O2S/c1-25-22-20-16(9-19(30-20)15-3-2-4-18(23)21(15)31-24)17(11-26-22)13-10-27-28(12-13)14-5-7-29-8-6-14/h2-4,9-12,14H,5-8,23-24H2,1H3,(H,25,26). The van der Waals surface area contributed by atoms with E-state index < -0.39 is 0 Å². The van der Waals surface area contributed by atoms with Gasteiger partial charge in [0.05, 0.1) is 17.1 Å². The number of ether oxygens (including phenoxy) is 1. The van der Waals surface area contributed by atoms with Crippen molar-refractivity contribution in [3.63, 3.8) is 0 Å². The monoisotopic (exact) mass is 436 g/mol. The van der Waals surface area contributed by atoms with Crippen LogP contribution in [0.1, 0.15) is 18.9 Å². The van der Waals surface area contributed by atoms with E-state index in [-0.39, 0.29) is 0 Å². The van der Waals surface area contributed by atoms with Crippen LogP contribution >= 0.6 is 11.9 Å². The summed E-state index contributed by atoms with van der Waals surface area (Å²) in [6.07, 6.45) is 7.77. The second kappa shape index (κ2) is 8.26. The second-order valence-corrected chi connectivity index (χ2v) is 8.16. The summed E-state index contributed by atoms with van der Waals surface area (Å²) < 4.78 is 13.8. The molecule has 31 heavy (non-hydrogen) atoms. The van der Waals surface area contributed by atoms with E-state index in [1.807, 2.05) is 48.4 Å². The number of benzene rings is 1. The van der Waals surface area contributed by atoms with Crippen molar-refractivity contribution in [2.24, 2.45) is 5.14 Å². The molecule has 4 heterocycles. The van der Waals surface area contributed by atoms with Gasteiger partial charge in [-0.1, -0.05) is 6.07 Å². The number of nitrogens with one attached hydrogen (secondary N) is 1. The SMILES string of the molecule is CNc1ncc(-c2cnn(C3CCOCC3)c2)c2cc(-c3cccc(N)c3SN)oc12. The predicted molar refractivity (Wildman–Crippen MR) is 124 cm³/mol. The van der Waals surface area contributed by atoms with Crippen LogP contribution in [0.15, 0.2) is 52.2 Å². The van der Waals surface area contributed by atoms with Gasteiger partial charge < -0.3 is 20.2 Å². The highest BCUT2D eigenvalue weighted by atomic mass is 32.2. The molecule has 1 aliphatic heterocycles. The van der Waals surface area contributed by atoms with Crippen molar-refractivity contribution in [2.75, 3.05) is 31.3 Å². The van der Waals surface area contributed by atoms with E-state index in [1.54, 1.807) is 0 Å². The van der Waals surface area contributed by atoms with Gasteiger partial charge in [0, 0.05) is 60.4 Å². The number of anilines is 2. The number of pyridine rings is 1. The number of aromatic nitrogens is 3. The highest BCUT2D eigenvalue weighted by Crippen LogP contribution is 2.40. The highest BCUT2D eigenvalue weighted by molar-refractivity contribution is 7.97. The Morgan fingerprint density at radius 2 is 2.03 bits per heavy atom. The number of furan rings is 1. The number of hydrogen-bond acceptors (Lipinski definition) is 8. The lowest BCUT2D eigenvalue weighted by atomic mass is 10.1. The Morgan fingerprint density at radius 3 is 2.81 bits per heavy atom. The molecular formula is C22H24N6O2S. The van der Waals surface area contributed by atoms with E-state index in [0.29, 0.717) is 28.9 Å². The number of nitrogens with two attached hydrogens (primary N) is 2. The van der Waals surface area contributed by atoms with Crippen molar-refractivity contribution in [3.8, 4) is 22.5 Å². The van der Waals surface area contributed by atoms with Crippen molar-refractivity contribution < 1.29 is 9.15 Å². The fourth-order valence-corrected chi connectivity index (χ4v) is 4.57. The van der Waals surface area contributed by atoms with Gasteiger partial charge in [-0.2, -0.15) is 5.10 Å². The molecule has 0 atom stereocenters. The topological polar surface area (TPSA) is 117 Å². The fourth-order valence-electron chi connectivity index (χ4n) is 4.07. The van der Waals surface area contributed by atoms with Crippen molar-refractivity contribution in [1.29, 1.82) is 0 Å². The van der Waals surface area contributed by atoms with Crippen molar-refractivity contribution in [3.05, 3.63) is 42.9 Å². The third kappa shape index (κ3) is 3.54. The Kier molecular flexibility index (Phi) is 5.31. The molecule has 9 heteroatoms. The average Bonchev–Trinajstić information content (AvgIpc) is 3.47. The third-order valence-electron chi connectivity index (χ3n) is 5.70. The Balaban J connectivity index is 1.62. The van der Waals surface area contributed by atoms with Crippen molar-refractivity contribution in [2.45, 2.75) is 23.8 Å². The van der Waals surface area contributed by atoms with E-state index in [4.69, 9.17) is 20.0 Å². The molecule has 160 valence electrons. The van der Waals surface area contributed by atoms with Gasteiger partial charge in [-0.25, -0.2) is 4.98 Å². The first kappa shape index (κ1) is 19.9. The average molecular weight is 437 g/mol. The summed E-state index contributed by atoms with van der Waals surface area (Å²) in [5.41, 5.74) is 10.3. The lowest BCUT2D eigenvalue weighted by molar-refractivity contribution is 0.0662. The molecule has 5 N–H and O–H groups in total. The molecule has 0 amide bonds. The van der Waals surface area contributed by atoms with Crippen LogP contribution in [0.3, 0.4) is 0 Å². The second-order valence-electron chi connectivity index (χ2n) is 7.52. The molecule has 0 unspecified atom stereocenters. The third-order valence-corrected chi connectivity index (χ3v) is 6.39. The first-order valence-corrected chi connectivity index (χ1v) is 11.1. The summed E-state index contributed by atoms with van der Waals surface area (Å²) in [6.45, 7) is 1.55. The van der Waals surface area contributed by atoms with Crippen LogP contribution in [-0.2, 0) is 4.74 Å². The molecule has 0 spiro atoms. The minimum atomic E-state index is 0.360. The molecule has 1 fully saturated rings. The number of nitrogens with zero attached hydrogens (tertiary/aromatic N) is 3. The van der Waals surface area contributed by atoms with Crippen LogP contribution in [-0.4, -0.2) is 35.0 Å². The summed E-state index contributed by atoms with van der Waals surface area (Å²) in [6, 6.07) is 8.07. The maximum atomic E-state index is 6.27. The summed E-state index contributed by atoms with van der Waals surface area (Å²) >= 11 is 1.12. The molecule has 3 aromatic heterocycles. The Hall–Kier alpha value is -3.01. The Labute approximate surface area is 184 Å². The first-order chi connectivity index (χ1) is 15.2.